The average Bonchev–Trinajstić information content (AvgIpc) is 2.60. The van der Waals surface area contributed by atoms with Crippen LogP contribution in [0.25, 0.3) is 0 Å². The van der Waals surface area contributed by atoms with Gasteiger partial charge in [0.05, 0.1) is 11.1 Å². The summed E-state index contributed by atoms with van der Waals surface area (Å²) in [6, 6.07) is 13.6. The van der Waals surface area contributed by atoms with Crippen molar-refractivity contribution in [1.82, 2.24) is 9.97 Å². The van der Waals surface area contributed by atoms with E-state index >= 15 is 0 Å². The second-order valence-electron chi connectivity index (χ2n) is 5.84. The molecule has 26 heavy (non-hydrogen) atoms. The Kier molecular flexibility index (Phi) is 5.53. The summed E-state index contributed by atoms with van der Waals surface area (Å²) in [7, 11) is 0. The van der Waals surface area contributed by atoms with Crippen molar-refractivity contribution >= 4 is 34.7 Å². The molecule has 0 radical (unpaired) electrons. The summed E-state index contributed by atoms with van der Waals surface area (Å²) >= 11 is 5.79. The van der Waals surface area contributed by atoms with Gasteiger partial charge in [-0.2, -0.15) is 4.98 Å². The highest BCUT2D eigenvalue weighted by Gasteiger charge is 2.04. The van der Waals surface area contributed by atoms with E-state index in [1.807, 2.05) is 38.1 Å². The van der Waals surface area contributed by atoms with Gasteiger partial charge in [0.15, 0.2) is 0 Å². The van der Waals surface area contributed by atoms with Crippen LogP contribution < -0.4 is 15.4 Å². The molecule has 3 aromatic rings. The van der Waals surface area contributed by atoms with Crippen LogP contribution in [0.5, 0.6) is 5.75 Å². The number of anilines is 4. The molecule has 3 rings (SSSR count). The number of halogens is 2. The molecule has 0 saturated carbocycles. The number of hydrogen-bond donors (Lipinski definition) is 2. The van der Waals surface area contributed by atoms with Crippen molar-refractivity contribution in [3.05, 3.63) is 65.6 Å². The fraction of sp³-hybridized carbons (Fsp3) is 0.158. The van der Waals surface area contributed by atoms with Crippen molar-refractivity contribution in [2.24, 2.45) is 0 Å². The van der Waals surface area contributed by atoms with Crippen LogP contribution in [0.1, 0.15) is 13.8 Å². The number of nitrogens with zero attached hydrogens (tertiary/aromatic N) is 2. The van der Waals surface area contributed by atoms with E-state index in [0.717, 1.165) is 11.4 Å². The fourth-order valence-corrected chi connectivity index (χ4v) is 2.41. The van der Waals surface area contributed by atoms with Crippen LogP contribution in [-0.2, 0) is 0 Å². The topological polar surface area (TPSA) is 59.1 Å². The number of nitrogens with one attached hydrogen (secondary N) is 2. The molecular formula is C19H18ClFN4O. The molecular weight excluding hydrogens is 355 g/mol. The molecule has 0 atom stereocenters. The highest BCUT2D eigenvalue weighted by Crippen LogP contribution is 2.23. The number of ether oxygens (including phenoxy) is 1. The molecule has 5 nitrogen and oxygen atoms in total. The smallest absolute Gasteiger partial charge is 0.229 e. The maximum absolute atomic E-state index is 13.2. The summed E-state index contributed by atoms with van der Waals surface area (Å²) in [5.74, 6) is 1.33. The lowest BCUT2D eigenvalue weighted by molar-refractivity contribution is 0.242. The van der Waals surface area contributed by atoms with Crippen LogP contribution in [0.15, 0.2) is 54.7 Å². The summed E-state index contributed by atoms with van der Waals surface area (Å²) in [6.45, 7) is 3.96. The zero-order chi connectivity index (χ0) is 18.5. The zero-order valence-corrected chi connectivity index (χ0v) is 15.1. The molecule has 0 aliphatic heterocycles. The Labute approximate surface area is 156 Å². The van der Waals surface area contributed by atoms with E-state index in [1.165, 1.54) is 12.1 Å². The van der Waals surface area contributed by atoms with E-state index in [4.69, 9.17) is 16.3 Å². The quantitative estimate of drug-likeness (QED) is 0.594. The summed E-state index contributed by atoms with van der Waals surface area (Å²) < 4.78 is 18.9. The molecule has 0 aliphatic rings. The molecule has 7 heteroatoms. The third-order valence-corrected chi connectivity index (χ3v) is 3.62. The number of rotatable bonds is 6. The van der Waals surface area contributed by atoms with Gasteiger partial charge in [0.2, 0.25) is 5.95 Å². The minimum Gasteiger partial charge on any atom is -0.491 e. The third kappa shape index (κ3) is 4.83. The molecule has 2 aromatic carbocycles. The predicted octanol–water partition coefficient (Wildman–Crippen LogP) is 5.54. The SMILES string of the molecule is CC(C)Oc1ccc(Nc2nccc(Nc3ccc(F)c(Cl)c3)n2)cc1. The molecule has 1 aromatic heterocycles. The number of aromatic nitrogens is 2. The van der Waals surface area contributed by atoms with E-state index in [0.29, 0.717) is 17.5 Å². The molecule has 0 saturated heterocycles. The van der Waals surface area contributed by atoms with E-state index < -0.39 is 5.82 Å². The average molecular weight is 373 g/mol. The van der Waals surface area contributed by atoms with E-state index in [-0.39, 0.29) is 11.1 Å². The molecule has 0 aliphatic carbocycles. The maximum atomic E-state index is 13.2. The van der Waals surface area contributed by atoms with Crippen molar-refractivity contribution in [3.8, 4) is 5.75 Å². The largest absolute Gasteiger partial charge is 0.491 e. The summed E-state index contributed by atoms with van der Waals surface area (Å²) in [5, 5.41) is 6.24. The summed E-state index contributed by atoms with van der Waals surface area (Å²) in [5.41, 5.74) is 1.47. The zero-order valence-electron chi connectivity index (χ0n) is 14.3. The lowest BCUT2D eigenvalue weighted by atomic mass is 10.3. The van der Waals surface area contributed by atoms with Crippen molar-refractivity contribution in [2.75, 3.05) is 10.6 Å². The Hall–Kier alpha value is -2.86. The van der Waals surface area contributed by atoms with Gasteiger partial charge < -0.3 is 15.4 Å². The van der Waals surface area contributed by atoms with Crippen molar-refractivity contribution < 1.29 is 9.13 Å². The molecule has 2 N–H and O–H groups in total. The molecule has 0 bridgehead atoms. The van der Waals surface area contributed by atoms with Crippen molar-refractivity contribution in [3.63, 3.8) is 0 Å². The highest BCUT2D eigenvalue weighted by atomic mass is 35.5. The van der Waals surface area contributed by atoms with Crippen molar-refractivity contribution in [2.45, 2.75) is 20.0 Å². The molecule has 1 heterocycles. The van der Waals surface area contributed by atoms with Crippen LogP contribution in [0.3, 0.4) is 0 Å². The first-order valence-electron chi connectivity index (χ1n) is 8.08. The Balaban J connectivity index is 1.69. The molecule has 0 spiro atoms. The Morgan fingerprint density at radius 3 is 2.42 bits per heavy atom. The predicted molar refractivity (Wildman–Crippen MR) is 102 cm³/mol. The second-order valence-corrected chi connectivity index (χ2v) is 6.24. The van der Waals surface area contributed by atoms with Crippen LogP contribution >= 0.6 is 11.6 Å². The Bertz CT molecular complexity index is 887. The lowest BCUT2D eigenvalue weighted by Crippen LogP contribution is -2.05. The van der Waals surface area contributed by atoms with Gasteiger partial charge in [0.1, 0.15) is 17.4 Å². The summed E-state index contributed by atoms with van der Waals surface area (Å²) in [6.07, 6.45) is 1.75. The van der Waals surface area contributed by atoms with Gasteiger partial charge in [0.25, 0.3) is 0 Å². The van der Waals surface area contributed by atoms with Gasteiger partial charge in [0, 0.05) is 17.6 Å². The first kappa shape index (κ1) is 17.9. The van der Waals surface area contributed by atoms with E-state index in [1.54, 1.807) is 18.3 Å². The number of benzene rings is 2. The van der Waals surface area contributed by atoms with Gasteiger partial charge in [-0.1, -0.05) is 11.6 Å². The standard InChI is InChI=1S/C19H18ClFN4O/c1-12(2)26-15-6-3-13(4-7-15)24-19-22-10-9-18(25-19)23-14-5-8-17(21)16(20)11-14/h3-12H,1-2H3,(H2,22,23,24,25). The highest BCUT2D eigenvalue weighted by molar-refractivity contribution is 6.31. The molecule has 134 valence electrons. The van der Waals surface area contributed by atoms with Crippen LogP contribution in [0, 0.1) is 5.82 Å². The van der Waals surface area contributed by atoms with Crippen LogP contribution in [-0.4, -0.2) is 16.1 Å². The maximum Gasteiger partial charge on any atom is 0.229 e. The molecule has 0 fully saturated rings. The monoisotopic (exact) mass is 372 g/mol. The number of hydrogen-bond acceptors (Lipinski definition) is 5. The minimum atomic E-state index is -0.466. The fourth-order valence-electron chi connectivity index (χ4n) is 2.23. The van der Waals surface area contributed by atoms with Gasteiger partial charge in [-0.3, -0.25) is 0 Å². The Morgan fingerprint density at radius 1 is 1.00 bits per heavy atom. The van der Waals surface area contributed by atoms with Gasteiger partial charge in [-0.25, -0.2) is 9.37 Å². The summed E-state index contributed by atoms with van der Waals surface area (Å²) in [4.78, 5) is 8.58. The van der Waals surface area contributed by atoms with Gasteiger partial charge >= 0.3 is 0 Å². The van der Waals surface area contributed by atoms with Gasteiger partial charge in [-0.15, -0.1) is 0 Å². The normalized spacial score (nSPS) is 10.7. The Morgan fingerprint density at radius 2 is 1.73 bits per heavy atom. The minimum absolute atomic E-state index is 0.0473. The van der Waals surface area contributed by atoms with Crippen molar-refractivity contribution in [1.29, 1.82) is 0 Å². The first-order chi connectivity index (χ1) is 12.5. The van der Waals surface area contributed by atoms with Crippen LogP contribution in [0.4, 0.5) is 27.5 Å². The van der Waals surface area contributed by atoms with Gasteiger partial charge in [-0.05, 0) is 62.4 Å². The van der Waals surface area contributed by atoms with E-state index in [2.05, 4.69) is 20.6 Å². The van der Waals surface area contributed by atoms with E-state index in [9.17, 15) is 4.39 Å². The third-order valence-electron chi connectivity index (χ3n) is 3.33. The van der Waals surface area contributed by atoms with Crippen LogP contribution in [0.2, 0.25) is 5.02 Å². The molecule has 0 amide bonds. The second kappa shape index (κ2) is 8.01. The lowest BCUT2D eigenvalue weighted by Gasteiger charge is -2.11. The molecule has 0 unspecified atom stereocenters. The first-order valence-corrected chi connectivity index (χ1v) is 8.46.